The van der Waals surface area contributed by atoms with E-state index in [-0.39, 0.29) is 6.04 Å². The van der Waals surface area contributed by atoms with Crippen molar-refractivity contribution in [1.82, 2.24) is 0 Å². The molecule has 0 fully saturated rings. The number of fused-ring (bicyclic) bond motifs is 1. The molecule has 17 heavy (non-hydrogen) atoms. The summed E-state index contributed by atoms with van der Waals surface area (Å²) >= 11 is 1.92. The van der Waals surface area contributed by atoms with Crippen molar-refractivity contribution in [2.45, 2.75) is 37.6 Å². The lowest BCUT2D eigenvalue weighted by Gasteiger charge is -2.26. The van der Waals surface area contributed by atoms with Gasteiger partial charge in [-0.05, 0) is 49.6 Å². The van der Waals surface area contributed by atoms with E-state index in [1.807, 2.05) is 25.6 Å². The first kappa shape index (κ1) is 12.5. The number of aryl methyl sites for hydroxylation is 1. The molecule has 1 unspecified atom stereocenters. The highest BCUT2D eigenvalue weighted by Crippen LogP contribution is 2.35. The fraction of sp³-hybridized carbons (Fsp3) is 0.500. The van der Waals surface area contributed by atoms with Crippen molar-refractivity contribution >= 4 is 11.8 Å². The van der Waals surface area contributed by atoms with E-state index in [9.17, 15) is 0 Å². The van der Waals surface area contributed by atoms with Crippen molar-refractivity contribution in [3.8, 4) is 6.07 Å². The zero-order valence-corrected chi connectivity index (χ0v) is 11.2. The number of thioether (sulfide) groups is 1. The SMILES string of the molecule is CC(C)(C#N)C(N)c1ccc2c(c1)CCCS2. The Balaban J connectivity index is 2.32. The fourth-order valence-corrected chi connectivity index (χ4v) is 3.08. The predicted molar refractivity (Wildman–Crippen MR) is 71.8 cm³/mol. The Kier molecular flexibility index (Phi) is 3.46. The summed E-state index contributed by atoms with van der Waals surface area (Å²) in [5.74, 6) is 1.21. The van der Waals surface area contributed by atoms with Gasteiger partial charge in [0.25, 0.3) is 0 Å². The van der Waals surface area contributed by atoms with Gasteiger partial charge in [-0.2, -0.15) is 5.26 Å². The third-order valence-corrected chi connectivity index (χ3v) is 4.56. The molecule has 1 aromatic rings. The molecule has 2 N–H and O–H groups in total. The van der Waals surface area contributed by atoms with Gasteiger partial charge in [0, 0.05) is 10.9 Å². The lowest BCUT2D eigenvalue weighted by Crippen LogP contribution is -2.27. The summed E-state index contributed by atoms with van der Waals surface area (Å²) in [6, 6.07) is 8.48. The first-order valence-corrected chi connectivity index (χ1v) is 6.95. The van der Waals surface area contributed by atoms with Crippen LogP contribution in [0, 0.1) is 16.7 Å². The van der Waals surface area contributed by atoms with Crippen molar-refractivity contribution in [2.24, 2.45) is 11.1 Å². The van der Waals surface area contributed by atoms with E-state index in [4.69, 9.17) is 11.0 Å². The van der Waals surface area contributed by atoms with Gasteiger partial charge in [0.05, 0.1) is 11.5 Å². The second kappa shape index (κ2) is 4.72. The molecule has 0 aromatic heterocycles. The van der Waals surface area contributed by atoms with Crippen LogP contribution in [0.1, 0.15) is 37.4 Å². The van der Waals surface area contributed by atoms with Gasteiger partial charge >= 0.3 is 0 Å². The maximum absolute atomic E-state index is 9.13. The van der Waals surface area contributed by atoms with Crippen molar-refractivity contribution in [2.75, 3.05) is 5.75 Å². The molecule has 0 aliphatic carbocycles. The summed E-state index contributed by atoms with van der Waals surface area (Å²) in [6.45, 7) is 3.79. The van der Waals surface area contributed by atoms with Gasteiger partial charge in [-0.25, -0.2) is 0 Å². The molecule has 1 aliphatic rings. The van der Waals surface area contributed by atoms with E-state index in [0.29, 0.717) is 0 Å². The molecule has 0 saturated heterocycles. The van der Waals surface area contributed by atoms with Crippen LogP contribution < -0.4 is 5.73 Å². The van der Waals surface area contributed by atoms with E-state index in [0.717, 1.165) is 12.0 Å². The maximum Gasteiger partial charge on any atom is 0.0710 e. The van der Waals surface area contributed by atoms with Crippen LogP contribution in [-0.2, 0) is 6.42 Å². The van der Waals surface area contributed by atoms with Crippen LogP contribution in [0.25, 0.3) is 0 Å². The molecule has 2 rings (SSSR count). The number of nitriles is 1. The maximum atomic E-state index is 9.13. The van der Waals surface area contributed by atoms with Gasteiger partial charge in [0.1, 0.15) is 0 Å². The van der Waals surface area contributed by atoms with Gasteiger partial charge in [-0.3, -0.25) is 0 Å². The average Bonchev–Trinajstić information content (AvgIpc) is 2.37. The van der Waals surface area contributed by atoms with Crippen molar-refractivity contribution in [3.63, 3.8) is 0 Å². The Morgan fingerprint density at radius 2 is 2.24 bits per heavy atom. The van der Waals surface area contributed by atoms with Crippen LogP contribution in [0.5, 0.6) is 0 Å². The van der Waals surface area contributed by atoms with E-state index < -0.39 is 5.41 Å². The number of benzene rings is 1. The Morgan fingerprint density at radius 1 is 1.47 bits per heavy atom. The van der Waals surface area contributed by atoms with Crippen LogP contribution in [0.2, 0.25) is 0 Å². The molecule has 1 heterocycles. The monoisotopic (exact) mass is 246 g/mol. The van der Waals surface area contributed by atoms with E-state index in [2.05, 4.69) is 24.3 Å². The van der Waals surface area contributed by atoms with E-state index in [1.165, 1.54) is 22.6 Å². The number of hydrogen-bond donors (Lipinski definition) is 1. The lowest BCUT2D eigenvalue weighted by molar-refractivity contribution is 0.393. The molecule has 0 amide bonds. The smallest absolute Gasteiger partial charge is 0.0710 e. The average molecular weight is 246 g/mol. The molecule has 1 aromatic carbocycles. The fourth-order valence-electron chi connectivity index (χ4n) is 2.06. The van der Waals surface area contributed by atoms with E-state index in [1.54, 1.807) is 0 Å². The summed E-state index contributed by atoms with van der Waals surface area (Å²) in [4.78, 5) is 1.38. The van der Waals surface area contributed by atoms with E-state index >= 15 is 0 Å². The van der Waals surface area contributed by atoms with Crippen molar-refractivity contribution < 1.29 is 0 Å². The summed E-state index contributed by atoms with van der Waals surface area (Å²) in [6.07, 6.45) is 2.37. The molecule has 2 nitrogen and oxygen atoms in total. The third kappa shape index (κ3) is 2.48. The highest BCUT2D eigenvalue weighted by Gasteiger charge is 2.28. The zero-order valence-electron chi connectivity index (χ0n) is 10.4. The zero-order chi connectivity index (χ0) is 12.5. The Bertz CT molecular complexity index is 460. The van der Waals surface area contributed by atoms with Crippen LogP contribution >= 0.6 is 11.8 Å². The Labute approximate surface area is 107 Å². The molecule has 1 aliphatic heterocycles. The van der Waals surface area contributed by atoms with Crippen molar-refractivity contribution in [3.05, 3.63) is 29.3 Å². The number of nitrogens with two attached hydrogens (primary N) is 1. The largest absolute Gasteiger partial charge is 0.323 e. The minimum absolute atomic E-state index is 0.218. The minimum atomic E-state index is -0.518. The minimum Gasteiger partial charge on any atom is -0.323 e. The predicted octanol–water partition coefficient (Wildman–Crippen LogP) is 3.27. The Hall–Kier alpha value is -0.980. The second-order valence-corrected chi connectivity index (χ2v) is 6.27. The number of hydrogen-bond acceptors (Lipinski definition) is 3. The molecule has 0 bridgehead atoms. The first-order valence-electron chi connectivity index (χ1n) is 5.97. The number of rotatable bonds is 2. The molecular formula is C14H18N2S. The van der Waals surface area contributed by atoms with Gasteiger partial charge in [-0.1, -0.05) is 12.1 Å². The van der Waals surface area contributed by atoms with Crippen LogP contribution in [0.15, 0.2) is 23.1 Å². The first-order chi connectivity index (χ1) is 8.04. The molecule has 0 saturated carbocycles. The summed E-state index contributed by atoms with van der Waals surface area (Å²) in [7, 11) is 0. The van der Waals surface area contributed by atoms with Gasteiger partial charge < -0.3 is 5.73 Å². The normalized spacial score (nSPS) is 17.1. The molecule has 1 atom stereocenters. The summed E-state index contributed by atoms with van der Waals surface area (Å²) in [5.41, 5.74) is 8.14. The van der Waals surface area contributed by atoms with Crippen LogP contribution in [0.4, 0.5) is 0 Å². The van der Waals surface area contributed by atoms with Crippen molar-refractivity contribution in [1.29, 1.82) is 5.26 Å². The van der Waals surface area contributed by atoms with Gasteiger partial charge in [0.2, 0.25) is 0 Å². The van der Waals surface area contributed by atoms with Gasteiger partial charge in [-0.15, -0.1) is 11.8 Å². The lowest BCUT2D eigenvalue weighted by atomic mass is 9.82. The van der Waals surface area contributed by atoms with Gasteiger partial charge in [0.15, 0.2) is 0 Å². The summed E-state index contributed by atoms with van der Waals surface area (Å²) in [5, 5.41) is 9.13. The molecular weight excluding hydrogens is 228 g/mol. The highest BCUT2D eigenvalue weighted by molar-refractivity contribution is 7.99. The van der Waals surface area contributed by atoms with Crippen LogP contribution in [-0.4, -0.2) is 5.75 Å². The summed E-state index contributed by atoms with van der Waals surface area (Å²) < 4.78 is 0. The Morgan fingerprint density at radius 3 is 2.94 bits per heavy atom. The topological polar surface area (TPSA) is 49.8 Å². The standard InChI is InChI=1S/C14H18N2S/c1-14(2,9-15)13(16)11-5-6-12-10(8-11)4-3-7-17-12/h5-6,8,13H,3-4,7,16H2,1-2H3. The molecule has 0 spiro atoms. The highest BCUT2D eigenvalue weighted by atomic mass is 32.2. The van der Waals surface area contributed by atoms with Crippen LogP contribution in [0.3, 0.4) is 0 Å². The third-order valence-electron chi connectivity index (χ3n) is 3.36. The molecule has 3 heteroatoms. The number of nitrogens with zero attached hydrogens (tertiary/aromatic N) is 1. The molecule has 0 radical (unpaired) electrons. The quantitative estimate of drug-likeness (QED) is 0.871. The second-order valence-electron chi connectivity index (χ2n) is 5.13. The molecule has 90 valence electrons.